The monoisotopic (exact) mass is 306 g/mol. The number of hydrogen-bond acceptors (Lipinski definition) is 3. The van der Waals surface area contributed by atoms with Crippen molar-refractivity contribution in [2.24, 2.45) is 34.5 Å². The molecule has 4 aliphatic carbocycles. The zero-order valence-corrected chi connectivity index (χ0v) is 13.9. The van der Waals surface area contributed by atoms with E-state index in [1.54, 1.807) is 0 Å². The van der Waals surface area contributed by atoms with Crippen LogP contribution in [0.3, 0.4) is 0 Å². The summed E-state index contributed by atoms with van der Waals surface area (Å²) in [5.74, 6) is 2.42. The van der Waals surface area contributed by atoms with Crippen LogP contribution in [0.4, 0.5) is 0 Å². The summed E-state index contributed by atoms with van der Waals surface area (Å²) in [6, 6.07) is 0. The van der Waals surface area contributed by atoms with Gasteiger partial charge in [-0.2, -0.15) is 0 Å². The summed E-state index contributed by atoms with van der Waals surface area (Å²) in [5, 5.41) is 20.4. The highest BCUT2D eigenvalue weighted by Crippen LogP contribution is 2.65. The smallest absolute Gasteiger partial charge is 0.162 e. The van der Waals surface area contributed by atoms with Crippen LogP contribution in [0, 0.1) is 34.5 Å². The average Bonchev–Trinajstić information content (AvgIpc) is 2.72. The van der Waals surface area contributed by atoms with Gasteiger partial charge in [-0.05, 0) is 74.0 Å². The quantitative estimate of drug-likeness (QED) is 0.723. The largest absolute Gasteiger partial charge is 0.393 e. The van der Waals surface area contributed by atoms with Gasteiger partial charge in [0, 0.05) is 11.8 Å². The van der Waals surface area contributed by atoms with Crippen molar-refractivity contribution in [3.8, 4) is 0 Å². The number of aliphatic hydroxyl groups is 2. The molecular weight excluding hydrogens is 276 g/mol. The first-order valence-electron chi connectivity index (χ1n) is 9.25. The van der Waals surface area contributed by atoms with Crippen molar-refractivity contribution in [1.82, 2.24) is 0 Å². The number of carbonyl (C=O) groups is 1. The Labute approximate surface area is 133 Å². The molecule has 0 heterocycles. The lowest BCUT2D eigenvalue weighted by Gasteiger charge is -2.60. The summed E-state index contributed by atoms with van der Waals surface area (Å²) in [6.45, 7) is 4.61. The number of ketones is 1. The van der Waals surface area contributed by atoms with Gasteiger partial charge in [0.1, 0.15) is 6.10 Å². The highest BCUT2D eigenvalue weighted by atomic mass is 16.3. The van der Waals surface area contributed by atoms with Crippen LogP contribution in [0.15, 0.2) is 0 Å². The fourth-order valence-corrected chi connectivity index (χ4v) is 7.00. The molecule has 2 N–H and O–H groups in total. The van der Waals surface area contributed by atoms with Crippen molar-refractivity contribution in [2.75, 3.05) is 0 Å². The van der Waals surface area contributed by atoms with Gasteiger partial charge in [-0.1, -0.05) is 13.8 Å². The van der Waals surface area contributed by atoms with Gasteiger partial charge in [-0.3, -0.25) is 4.79 Å². The Morgan fingerprint density at radius 3 is 2.45 bits per heavy atom. The fraction of sp³-hybridized carbons (Fsp3) is 0.947. The molecule has 4 saturated carbocycles. The Kier molecular flexibility index (Phi) is 3.30. The molecule has 4 aliphatic rings. The molecule has 22 heavy (non-hydrogen) atoms. The Bertz CT molecular complexity index is 489. The third-order valence-electron chi connectivity index (χ3n) is 8.43. The van der Waals surface area contributed by atoms with Gasteiger partial charge in [0.05, 0.1) is 6.10 Å². The molecule has 4 fully saturated rings. The summed E-state index contributed by atoms with van der Waals surface area (Å²) >= 11 is 0. The molecule has 0 aromatic carbocycles. The normalized spacial score (nSPS) is 57.9. The van der Waals surface area contributed by atoms with Gasteiger partial charge in [0.15, 0.2) is 5.78 Å². The van der Waals surface area contributed by atoms with Crippen LogP contribution >= 0.6 is 0 Å². The molecule has 0 saturated heterocycles. The maximum absolute atomic E-state index is 12.1. The van der Waals surface area contributed by atoms with Gasteiger partial charge in [0.25, 0.3) is 0 Å². The number of rotatable bonds is 0. The molecule has 3 heteroatoms. The number of carbonyl (C=O) groups excluding carboxylic acids is 1. The van der Waals surface area contributed by atoms with Crippen molar-refractivity contribution in [3.05, 3.63) is 0 Å². The van der Waals surface area contributed by atoms with E-state index in [2.05, 4.69) is 13.8 Å². The molecule has 0 bridgehead atoms. The summed E-state index contributed by atoms with van der Waals surface area (Å²) in [7, 11) is 0. The van der Waals surface area contributed by atoms with Crippen molar-refractivity contribution >= 4 is 5.78 Å². The van der Waals surface area contributed by atoms with Crippen LogP contribution in [0.5, 0.6) is 0 Å². The van der Waals surface area contributed by atoms with E-state index in [0.29, 0.717) is 35.5 Å². The molecule has 0 radical (unpaired) electrons. The Morgan fingerprint density at radius 2 is 1.68 bits per heavy atom. The minimum atomic E-state index is -0.725. The fourth-order valence-electron chi connectivity index (χ4n) is 7.00. The predicted octanol–water partition coefficient (Wildman–Crippen LogP) is 2.93. The maximum atomic E-state index is 12.1. The molecule has 8 unspecified atom stereocenters. The molecule has 124 valence electrons. The van der Waals surface area contributed by atoms with Gasteiger partial charge in [0.2, 0.25) is 0 Å². The lowest BCUT2D eigenvalue weighted by atomic mass is 9.45. The van der Waals surface area contributed by atoms with Crippen molar-refractivity contribution in [1.29, 1.82) is 0 Å². The van der Waals surface area contributed by atoms with Crippen molar-refractivity contribution in [2.45, 2.75) is 77.4 Å². The Morgan fingerprint density at radius 1 is 0.955 bits per heavy atom. The number of fused-ring (bicyclic) bond motifs is 5. The minimum absolute atomic E-state index is 0.0829. The van der Waals surface area contributed by atoms with E-state index in [1.165, 1.54) is 12.8 Å². The topological polar surface area (TPSA) is 57.5 Å². The van der Waals surface area contributed by atoms with Crippen LogP contribution in [-0.2, 0) is 4.79 Å². The summed E-state index contributed by atoms with van der Waals surface area (Å²) in [6.07, 6.45) is 7.38. The second-order valence-electron chi connectivity index (χ2n) is 9.20. The number of aliphatic hydroxyl groups excluding tert-OH is 2. The standard InChI is InChI=1S/C19H30O3/c1-18-7-5-12(20)9-11(18)3-4-13-14(18)6-8-19(2)15(13)10-16(21)17(19)22/h11-15,17,20,22H,3-10H2,1-2H3. The molecule has 0 aromatic rings. The van der Waals surface area contributed by atoms with Gasteiger partial charge in [-0.25, -0.2) is 0 Å². The van der Waals surface area contributed by atoms with E-state index < -0.39 is 6.10 Å². The maximum Gasteiger partial charge on any atom is 0.162 e. The molecule has 3 nitrogen and oxygen atoms in total. The van der Waals surface area contributed by atoms with E-state index in [0.717, 1.165) is 32.1 Å². The third-order valence-corrected chi connectivity index (χ3v) is 8.43. The Balaban J connectivity index is 1.64. The lowest BCUT2D eigenvalue weighted by Crippen LogP contribution is -2.54. The van der Waals surface area contributed by atoms with Gasteiger partial charge in [-0.15, -0.1) is 0 Å². The molecule has 4 rings (SSSR count). The lowest BCUT2D eigenvalue weighted by molar-refractivity contribution is -0.138. The van der Waals surface area contributed by atoms with E-state index in [9.17, 15) is 15.0 Å². The van der Waals surface area contributed by atoms with E-state index in [-0.39, 0.29) is 17.3 Å². The summed E-state index contributed by atoms with van der Waals surface area (Å²) < 4.78 is 0. The van der Waals surface area contributed by atoms with Gasteiger partial charge >= 0.3 is 0 Å². The Hall–Kier alpha value is -0.410. The number of hydrogen-bond donors (Lipinski definition) is 2. The average molecular weight is 306 g/mol. The highest BCUT2D eigenvalue weighted by Gasteiger charge is 2.62. The second kappa shape index (κ2) is 4.80. The SMILES string of the molecule is CC12CCC(O)CC1CCC1C2CCC2(C)C(O)C(=O)CC12. The molecule has 8 atom stereocenters. The van der Waals surface area contributed by atoms with Gasteiger partial charge < -0.3 is 10.2 Å². The van der Waals surface area contributed by atoms with Crippen LogP contribution in [-0.4, -0.2) is 28.2 Å². The summed E-state index contributed by atoms with van der Waals surface area (Å²) in [4.78, 5) is 12.1. The van der Waals surface area contributed by atoms with Crippen LogP contribution < -0.4 is 0 Å². The molecule has 0 amide bonds. The van der Waals surface area contributed by atoms with Crippen molar-refractivity contribution in [3.63, 3.8) is 0 Å². The first-order chi connectivity index (χ1) is 10.4. The van der Waals surface area contributed by atoms with Crippen molar-refractivity contribution < 1.29 is 15.0 Å². The molecule has 0 aliphatic heterocycles. The zero-order chi connectivity index (χ0) is 15.7. The highest BCUT2D eigenvalue weighted by molar-refractivity contribution is 5.86. The van der Waals surface area contributed by atoms with E-state index >= 15 is 0 Å². The predicted molar refractivity (Wildman–Crippen MR) is 84.1 cm³/mol. The summed E-state index contributed by atoms with van der Waals surface area (Å²) in [5.41, 5.74) is 0.176. The first kappa shape index (κ1) is 15.1. The van der Waals surface area contributed by atoms with Crippen LogP contribution in [0.1, 0.15) is 65.2 Å². The van der Waals surface area contributed by atoms with Crippen LogP contribution in [0.2, 0.25) is 0 Å². The number of Topliss-reactive ketones (excluding diaryl/α,β-unsaturated/α-hetero) is 1. The third kappa shape index (κ3) is 1.84. The second-order valence-corrected chi connectivity index (χ2v) is 9.20. The minimum Gasteiger partial charge on any atom is -0.393 e. The zero-order valence-electron chi connectivity index (χ0n) is 13.9. The molecular formula is C19H30O3. The van der Waals surface area contributed by atoms with E-state index in [4.69, 9.17) is 0 Å². The van der Waals surface area contributed by atoms with Crippen LogP contribution in [0.25, 0.3) is 0 Å². The molecule has 0 aromatic heterocycles. The molecule has 0 spiro atoms. The first-order valence-corrected chi connectivity index (χ1v) is 9.25. The van der Waals surface area contributed by atoms with E-state index in [1.807, 2.05) is 0 Å².